The van der Waals surface area contributed by atoms with Gasteiger partial charge in [-0.2, -0.15) is 0 Å². The minimum absolute atomic E-state index is 0.0689. The second kappa shape index (κ2) is 6.26. The van der Waals surface area contributed by atoms with Crippen molar-refractivity contribution < 1.29 is 14.7 Å². The molecular weight excluding hydrogens is 244 g/mol. The van der Waals surface area contributed by atoms with Crippen molar-refractivity contribution in [2.75, 3.05) is 6.54 Å². The number of rotatable bonds is 5. The first-order valence-electron chi connectivity index (χ1n) is 7.07. The highest BCUT2D eigenvalue weighted by Crippen LogP contribution is 2.37. The second-order valence-corrected chi connectivity index (χ2v) is 6.16. The SMILES string of the molecule is CCC(C)N(CC(=O)O)C(=O)NC1CCCC1(C)C. The molecule has 0 bridgehead atoms. The minimum atomic E-state index is -0.971. The Bertz CT molecular complexity index is 342. The van der Waals surface area contributed by atoms with Crippen molar-refractivity contribution >= 4 is 12.0 Å². The van der Waals surface area contributed by atoms with Gasteiger partial charge in [-0.1, -0.05) is 27.2 Å². The van der Waals surface area contributed by atoms with Gasteiger partial charge in [0.25, 0.3) is 0 Å². The maximum atomic E-state index is 12.3. The number of carboxylic acids is 1. The summed E-state index contributed by atoms with van der Waals surface area (Å²) < 4.78 is 0. The van der Waals surface area contributed by atoms with Gasteiger partial charge in [0.2, 0.25) is 0 Å². The van der Waals surface area contributed by atoms with Crippen LogP contribution in [0.3, 0.4) is 0 Å². The lowest BCUT2D eigenvalue weighted by atomic mass is 9.87. The highest BCUT2D eigenvalue weighted by molar-refractivity contribution is 5.80. The van der Waals surface area contributed by atoms with E-state index in [1.165, 1.54) is 4.90 Å². The fraction of sp³-hybridized carbons (Fsp3) is 0.857. The third-order valence-corrected chi connectivity index (χ3v) is 4.24. The summed E-state index contributed by atoms with van der Waals surface area (Å²) in [6.45, 7) is 7.88. The zero-order chi connectivity index (χ0) is 14.6. The third-order valence-electron chi connectivity index (χ3n) is 4.24. The third kappa shape index (κ3) is 4.11. The van der Waals surface area contributed by atoms with Crippen molar-refractivity contribution in [1.82, 2.24) is 10.2 Å². The number of carbonyl (C=O) groups excluding carboxylic acids is 1. The van der Waals surface area contributed by atoms with Gasteiger partial charge in [-0.15, -0.1) is 0 Å². The zero-order valence-corrected chi connectivity index (χ0v) is 12.4. The van der Waals surface area contributed by atoms with Crippen molar-refractivity contribution in [3.8, 4) is 0 Å². The van der Waals surface area contributed by atoms with Crippen molar-refractivity contribution in [2.24, 2.45) is 5.41 Å². The molecule has 0 aromatic heterocycles. The molecule has 0 radical (unpaired) electrons. The van der Waals surface area contributed by atoms with Gasteiger partial charge in [-0.25, -0.2) is 4.79 Å². The maximum Gasteiger partial charge on any atom is 0.323 e. The molecule has 1 aliphatic carbocycles. The number of carboxylic acid groups (broad SMARTS) is 1. The summed E-state index contributed by atoms with van der Waals surface area (Å²) in [5.74, 6) is -0.971. The van der Waals surface area contributed by atoms with Crippen LogP contribution in [0, 0.1) is 5.41 Å². The predicted molar refractivity (Wildman–Crippen MR) is 74.0 cm³/mol. The van der Waals surface area contributed by atoms with Crippen LogP contribution in [0.2, 0.25) is 0 Å². The first kappa shape index (κ1) is 15.8. The molecule has 1 fully saturated rings. The van der Waals surface area contributed by atoms with E-state index in [-0.39, 0.29) is 30.1 Å². The van der Waals surface area contributed by atoms with Crippen LogP contribution < -0.4 is 5.32 Å². The Kier molecular flexibility index (Phi) is 5.20. The van der Waals surface area contributed by atoms with Crippen molar-refractivity contribution in [3.63, 3.8) is 0 Å². The molecule has 0 aliphatic heterocycles. The van der Waals surface area contributed by atoms with Gasteiger partial charge in [-0.05, 0) is 31.6 Å². The van der Waals surface area contributed by atoms with E-state index in [9.17, 15) is 9.59 Å². The lowest BCUT2D eigenvalue weighted by Crippen LogP contribution is -2.52. The summed E-state index contributed by atoms with van der Waals surface area (Å²) in [4.78, 5) is 24.6. The maximum absolute atomic E-state index is 12.3. The highest BCUT2D eigenvalue weighted by atomic mass is 16.4. The summed E-state index contributed by atoms with van der Waals surface area (Å²) in [7, 11) is 0. The van der Waals surface area contributed by atoms with Crippen LogP contribution in [0.5, 0.6) is 0 Å². The first-order valence-corrected chi connectivity index (χ1v) is 7.07. The molecule has 0 saturated heterocycles. The fourth-order valence-corrected chi connectivity index (χ4v) is 2.62. The van der Waals surface area contributed by atoms with Crippen molar-refractivity contribution in [1.29, 1.82) is 0 Å². The summed E-state index contributed by atoms with van der Waals surface area (Å²) in [5, 5.41) is 11.9. The number of hydrogen-bond acceptors (Lipinski definition) is 2. The number of urea groups is 1. The Morgan fingerprint density at radius 2 is 2.11 bits per heavy atom. The molecule has 0 aromatic carbocycles. The molecule has 19 heavy (non-hydrogen) atoms. The Morgan fingerprint density at radius 3 is 2.53 bits per heavy atom. The van der Waals surface area contributed by atoms with E-state index < -0.39 is 5.97 Å². The lowest BCUT2D eigenvalue weighted by molar-refractivity contribution is -0.138. The van der Waals surface area contributed by atoms with Gasteiger partial charge >= 0.3 is 12.0 Å². The number of nitrogens with zero attached hydrogens (tertiary/aromatic N) is 1. The zero-order valence-electron chi connectivity index (χ0n) is 12.4. The summed E-state index contributed by atoms with van der Waals surface area (Å²) in [6.07, 6.45) is 3.93. The van der Waals surface area contributed by atoms with Gasteiger partial charge in [0, 0.05) is 12.1 Å². The molecule has 5 nitrogen and oxygen atoms in total. The summed E-state index contributed by atoms with van der Waals surface area (Å²) >= 11 is 0. The van der Waals surface area contributed by atoms with E-state index in [1.807, 2.05) is 13.8 Å². The minimum Gasteiger partial charge on any atom is -0.480 e. The highest BCUT2D eigenvalue weighted by Gasteiger charge is 2.36. The number of carbonyl (C=O) groups is 2. The summed E-state index contributed by atoms with van der Waals surface area (Å²) in [5.41, 5.74) is 0.0972. The fourth-order valence-electron chi connectivity index (χ4n) is 2.62. The van der Waals surface area contributed by atoms with E-state index in [0.717, 1.165) is 25.7 Å². The van der Waals surface area contributed by atoms with E-state index in [4.69, 9.17) is 5.11 Å². The van der Waals surface area contributed by atoms with Crippen LogP contribution in [0.25, 0.3) is 0 Å². The van der Waals surface area contributed by atoms with Crippen LogP contribution in [0.15, 0.2) is 0 Å². The van der Waals surface area contributed by atoms with Crippen LogP contribution in [-0.2, 0) is 4.79 Å². The first-order chi connectivity index (χ1) is 8.77. The van der Waals surface area contributed by atoms with Crippen LogP contribution in [0.4, 0.5) is 4.79 Å². The molecule has 2 unspecified atom stereocenters. The lowest BCUT2D eigenvalue weighted by Gasteiger charge is -2.33. The molecule has 1 rings (SSSR count). The van der Waals surface area contributed by atoms with Gasteiger partial charge in [0.15, 0.2) is 0 Å². The van der Waals surface area contributed by atoms with E-state index in [2.05, 4.69) is 19.2 Å². The molecule has 2 atom stereocenters. The number of hydrogen-bond donors (Lipinski definition) is 2. The molecule has 0 heterocycles. The Morgan fingerprint density at radius 1 is 1.47 bits per heavy atom. The second-order valence-electron chi connectivity index (χ2n) is 6.16. The molecule has 2 N–H and O–H groups in total. The average Bonchev–Trinajstić information content (AvgIpc) is 2.64. The van der Waals surface area contributed by atoms with E-state index in [0.29, 0.717) is 0 Å². The van der Waals surface area contributed by atoms with Gasteiger partial charge in [0.1, 0.15) is 6.54 Å². The van der Waals surface area contributed by atoms with Gasteiger partial charge in [-0.3, -0.25) is 4.79 Å². The molecule has 110 valence electrons. The smallest absolute Gasteiger partial charge is 0.323 e. The monoisotopic (exact) mass is 270 g/mol. The number of aliphatic carboxylic acids is 1. The van der Waals surface area contributed by atoms with Crippen LogP contribution in [-0.4, -0.2) is 40.6 Å². The number of nitrogens with one attached hydrogen (secondary N) is 1. The Labute approximate surface area is 115 Å². The normalized spacial score (nSPS) is 22.8. The van der Waals surface area contributed by atoms with Crippen molar-refractivity contribution in [2.45, 2.75) is 65.5 Å². The van der Waals surface area contributed by atoms with Crippen LogP contribution in [0.1, 0.15) is 53.4 Å². The van der Waals surface area contributed by atoms with Gasteiger partial charge in [0.05, 0.1) is 0 Å². The average molecular weight is 270 g/mol. The topological polar surface area (TPSA) is 69.6 Å². The quantitative estimate of drug-likeness (QED) is 0.806. The largest absolute Gasteiger partial charge is 0.480 e. The Hall–Kier alpha value is -1.26. The molecule has 1 aliphatic rings. The van der Waals surface area contributed by atoms with Crippen molar-refractivity contribution in [3.05, 3.63) is 0 Å². The number of amides is 2. The molecular formula is C14H26N2O3. The molecule has 1 saturated carbocycles. The Balaban J connectivity index is 2.69. The van der Waals surface area contributed by atoms with Gasteiger partial charge < -0.3 is 15.3 Å². The van der Waals surface area contributed by atoms with Crippen LogP contribution >= 0.6 is 0 Å². The summed E-state index contributed by atoms with van der Waals surface area (Å²) in [6, 6.07) is -0.183. The standard InChI is InChI=1S/C14H26N2O3/c1-5-10(2)16(9-12(17)18)13(19)15-11-7-6-8-14(11,3)4/h10-11H,5-9H2,1-4H3,(H,15,19)(H,17,18). The van der Waals surface area contributed by atoms with E-state index >= 15 is 0 Å². The molecule has 5 heteroatoms. The molecule has 0 aromatic rings. The molecule has 2 amide bonds. The molecule has 0 spiro atoms. The predicted octanol–water partition coefficient (Wildman–Crippen LogP) is 2.46. The van der Waals surface area contributed by atoms with E-state index in [1.54, 1.807) is 0 Å².